The highest BCUT2D eigenvalue weighted by Crippen LogP contribution is 2.33. The van der Waals surface area contributed by atoms with E-state index in [1.54, 1.807) is 4.90 Å². The molecule has 27 heavy (non-hydrogen) atoms. The molecule has 0 radical (unpaired) electrons. The molecule has 0 fully saturated rings. The lowest BCUT2D eigenvalue weighted by atomic mass is 9.97. The zero-order valence-corrected chi connectivity index (χ0v) is 15.0. The van der Waals surface area contributed by atoms with E-state index in [0.29, 0.717) is 12.1 Å². The topological polar surface area (TPSA) is 76.3 Å². The Hall–Kier alpha value is -3.47. The Morgan fingerprint density at radius 1 is 1.19 bits per heavy atom. The van der Waals surface area contributed by atoms with Crippen molar-refractivity contribution in [3.05, 3.63) is 77.6 Å². The lowest BCUT2D eigenvalue weighted by molar-refractivity contribution is -0.114. The first-order chi connectivity index (χ1) is 12.9. The molecule has 0 spiro atoms. The van der Waals surface area contributed by atoms with Crippen LogP contribution in [0.3, 0.4) is 0 Å². The number of pyridine rings is 1. The van der Waals surface area contributed by atoms with Gasteiger partial charge >= 0.3 is 0 Å². The number of nitrogens with zero attached hydrogens (tertiary/aromatic N) is 2. The van der Waals surface area contributed by atoms with Crippen molar-refractivity contribution < 1.29 is 9.59 Å². The second-order valence-electron chi connectivity index (χ2n) is 6.84. The summed E-state index contributed by atoms with van der Waals surface area (Å²) in [6, 6.07) is 14.0. The summed E-state index contributed by atoms with van der Waals surface area (Å²) >= 11 is 0. The van der Waals surface area contributed by atoms with Crippen LogP contribution in [0.25, 0.3) is 21.9 Å². The van der Waals surface area contributed by atoms with Gasteiger partial charge < -0.3 is 10.6 Å². The maximum Gasteiger partial charge on any atom is 0.254 e. The van der Waals surface area contributed by atoms with E-state index in [-0.39, 0.29) is 18.0 Å². The van der Waals surface area contributed by atoms with Gasteiger partial charge in [-0.1, -0.05) is 30.8 Å². The second kappa shape index (κ2) is 6.36. The molecule has 0 saturated carbocycles. The highest BCUT2D eigenvalue weighted by molar-refractivity contribution is 6.05. The zero-order chi connectivity index (χ0) is 19.1. The zero-order valence-electron chi connectivity index (χ0n) is 15.0. The van der Waals surface area contributed by atoms with Crippen molar-refractivity contribution in [2.75, 3.05) is 6.54 Å². The molecule has 1 aliphatic rings. The molecule has 3 aromatic rings. The Morgan fingerprint density at radius 3 is 2.63 bits per heavy atom. The van der Waals surface area contributed by atoms with Crippen LogP contribution >= 0.6 is 0 Å². The van der Waals surface area contributed by atoms with E-state index in [1.165, 1.54) is 0 Å². The van der Waals surface area contributed by atoms with Crippen molar-refractivity contribution >= 4 is 22.6 Å². The molecular formula is C22H19N3O2. The number of benzene rings is 2. The Labute approximate surface area is 157 Å². The summed E-state index contributed by atoms with van der Waals surface area (Å²) in [5.74, 6) is -0.686. The smallest absolute Gasteiger partial charge is 0.254 e. The van der Waals surface area contributed by atoms with Crippen LogP contribution in [0.4, 0.5) is 0 Å². The molecular weight excluding hydrogens is 338 g/mol. The number of aromatic nitrogens is 1. The van der Waals surface area contributed by atoms with Gasteiger partial charge in [0.05, 0.1) is 6.54 Å². The van der Waals surface area contributed by atoms with Crippen LogP contribution in [0.2, 0.25) is 0 Å². The highest BCUT2D eigenvalue weighted by atomic mass is 16.2. The van der Waals surface area contributed by atoms with Gasteiger partial charge in [0.15, 0.2) is 0 Å². The summed E-state index contributed by atoms with van der Waals surface area (Å²) in [6.07, 6.45) is 1.86. The van der Waals surface area contributed by atoms with Crippen molar-refractivity contribution in [2.24, 2.45) is 5.73 Å². The Kier molecular flexibility index (Phi) is 4.00. The van der Waals surface area contributed by atoms with Gasteiger partial charge in [-0.2, -0.15) is 0 Å². The van der Waals surface area contributed by atoms with Gasteiger partial charge in [0, 0.05) is 35.1 Å². The van der Waals surface area contributed by atoms with Gasteiger partial charge in [-0.05, 0) is 47.0 Å². The van der Waals surface area contributed by atoms with Gasteiger partial charge in [-0.25, -0.2) is 0 Å². The van der Waals surface area contributed by atoms with E-state index >= 15 is 0 Å². The minimum atomic E-state index is -0.585. The number of rotatable bonds is 4. The van der Waals surface area contributed by atoms with Gasteiger partial charge in [0.2, 0.25) is 5.91 Å². The van der Waals surface area contributed by atoms with E-state index in [1.807, 2.05) is 37.4 Å². The molecule has 0 bridgehead atoms. The van der Waals surface area contributed by atoms with E-state index in [0.717, 1.165) is 33.2 Å². The molecule has 1 aromatic heterocycles. The van der Waals surface area contributed by atoms with Gasteiger partial charge in [0.1, 0.15) is 0 Å². The number of carbonyl (C=O) groups excluding carboxylic acids is 2. The van der Waals surface area contributed by atoms with Crippen LogP contribution in [0.15, 0.2) is 60.8 Å². The molecule has 5 nitrogen and oxygen atoms in total. The highest BCUT2D eigenvalue weighted by Gasteiger charge is 2.29. The summed E-state index contributed by atoms with van der Waals surface area (Å²) in [5.41, 5.74) is 10.2. The fraction of sp³-hybridized carbons (Fsp3) is 0.136. The van der Waals surface area contributed by atoms with Gasteiger partial charge in [0.25, 0.3) is 5.91 Å². The van der Waals surface area contributed by atoms with E-state index in [9.17, 15) is 9.59 Å². The maximum absolute atomic E-state index is 12.7. The summed E-state index contributed by atoms with van der Waals surface area (Å²) < 4.78 is 0. The fourth-order valence-electron chi connectivity index (χ4n) is 3.44. The third-order valence-corrected chi connectivity index (χ3v) is 4.97. The average molecular weight is 357 g/mol. The number of fused-ring (bicyclic) bond motifs is 3. The first-order valence-electron chi connectivity index (χ1n) is 8.69. The normalized spacial score (nSPS) is 13.1. The number of carbonyl (C=O) groups is 2. The molecule has 0 unspecified atom stereocenters. The average Bonchev–Trinajstić information content (AvgIpc) is 2.98. The first-order valence-corrected chi connectivity index (χ1v) is 8.69. The molecule has 2 aromatic carbocycles. The van der Waals surface area contributed by atoms with Crippen LogP contribution in [0.1, 0.15) is 21.6 Å². The SMILES string of the molecule is C=C(CN1Cc2c(ccc3ccc(-c4ccc(C)nc4)cc23)C1=O)C(N)=O. The summed E-state index contributed by atoms with van der Waals surface area (Å²) in [5, 5.41) is 2.10. The van der Waals surface area contributed by atoms with E-state index in [2.05, 4.69) is 29.8 Å². The summed E-state index contributed by atoms with van der Waals surface area (Å²) in [4.78, 5) is 30.0. The summed E-state index contributed by atoms with van der Waals surface area (Å²) in [6.45, 7) is 6.20. The lowest BCUT2D eigenvalue weighted by Gasteiger charge is -2.15. The standard InChI is InChI=1S/C22H19N3O2/c1-13(21(23)26)11-25-12-20-18(22(25)27)8-7-15-5-6-16(9-19(15)20)17-4-3-14(2)24-10-17/h3-10H,1,11-12H2,2H3,(H2,23,26). The van der Waals surface area contributed by atoms with Gasteiger partial charge in [-0.15, -0.1) is 0 Å². The van der Waals surface area contributed by atoms with Crippen LogP contribution < -0.4 is 5.73 Å². The van der Waals surface area contributed by atoms with E-state index in [4.69, 9.17) is 5.73 Å². The Bertz CT molecular complexity index is 1100. The van der Waals surface area contributed by atoms with Crippen LogP contribution in [0, 0.1) is 6.92 Å². The van der Waals surface area contributed by atoms with Crippen LogP contribution in [0.5, 0.6) is 0 Å². The predicted octanol–water partition coefficient (Wildman–Crippen LogP) is 3.21. The number of primary amides is 1. The quantitative estimate of drug-likeness (QED) is 0.729. The third kappa shape index (κ3) is 2.97. The van der Waals surface area contributed by atoms with Crippen LogP contribution in [-0.2, 0) is 11.3 Å². The number of aryl methyl sites for hydroxylation is 1. The number of hydrogen-bond acceptors (Lipinski definition) is 3. The summed E-state index contributed by atoms with van der Waals surface area (Å²) in [7, 11) is 0. The molecule has 4 rings (SSSR count). The minimum absolute atomic E-state index is 0.100. The second-order valence-corrected chi connectivity index (χ2v) is 6.84. The number of amides is 2. The van der Waals surface area contributed by atoms with Crippen molar-refractivity contribution in [3.8, 4) is 11.1 Å². The Balaban J connectivity index is 1.76. The van der Waals surface area contributed by atoms with Crippen molar-refractivity contribution in [1.82, 2.24) is 9.88 Å². The Morgan fingerprint density at radius 2 is 1.93 bits per heavy atom. The first kappa shape index (κ1) is 17.0. The molecule has 0 aliphatic carbocycles. The van der Waals surface area contributed by atoms with Crippen LogP contribution in [-0.4, -0.2) is 28.2 Å². The monoisotopic (exact) mass is 357 g/mol. The molecule has 2 N–H and O–H groups in total. The molecule has 0 atom stereocenters. The molecule has 2 heterocycles. The molecule has 0 saturated heterocycles. The predicted molar refractivity (Wildman–Crippen MR) is 105 cm³/mol. The maximum atomic E-state index is 12.7. The third-order valence-electron chi connectivity index (χ3n) is 4.97. The molecule has 5 heteroatoms. The lowest BCUT2D eigenvalue weighted by Crippen LogP contribution is -2.30. The number of nitrogens with two attached hydrogens (primary N) is 1. The van der Waals surface area contributed by atoms with Crippen molar-refractivity contribution in [2.45, 2.75) is 13.5 Å². The molecule has 1 aliphatic heterocycles. The molecule has 2 amide bonds. The van der Waals surface area contributed by atoms with Crippen molar-refractivity contribution in [1.29, 1.82) is 0 Å². The van der Waals surface area contributed by atoms with Gasteiger partial charge in [-0.3, -0.25) is 14.6 Å². The fourth-order valence-corrected chi connectivity index (χ4v) is 3.44. The molecule has 134 valence electrons. The van der Waals surface area contributed by atoms with Crippen molar-refractivity contribution in [3.63, 3.8) is 0 Å². The number of hydrogen-bond donors (Lipinski definition) is 1. The largest absolute Gasteiger partial charge is 0.366 e. The minimum Gasteiger partial charge on any atom is -0.366 e. The van der Waals surface area contributed by atoms with E-state index < -0.39 is 5.91 Å².